The Morgan fingerprint density at radius 2 is 1.58 bits per heavy atom. The first-order chi connectivity index (χ1) is 14.5. The molecule has 3 rings (SSSR count). The van der Waals surface area contributed by atoms with Gasteiger partial charge in [-0.2, -0.15) is 0 Å². The van der Waals surface area contributed by atoms with Gasteiger partial charge in [0.25, 0.3) is 5.91 Å². The summed E-state index contributed by atoms with van der Waals surface area (Å²) in [5.74, 6) is 1.73. The fourth-order valence-electron chi connectivity index (χ4n) is 3.19. The van der Waals surface area contributed by atoms with E-state index in [0.717, 1.165) is 17.7 Å². The molecule has 0 bridgehead atoms. The minimum atomic E-state index is -0.150. The summed E-state index contributed by atoms with van der Waals surface area (Å²) >= 11 is 1.42. The molecule has 0 saturated carbocycles. The Kier molecular flexibility index (Phi) is 8.91. The number of anilines is 1. The molecule has 2 aromatic carbocycles. The van der Waals surface area contributed by atoms with E-state index in [4.69, 9.17) is 19.2 Å². The number of para-hydroxylation sites is 1. The Hall–Kier alpha value is -2.55. The molecule has 0 atom stereocenters. The summed E-state index contributed by atoms with van der Waals surface area (Å²) in [5.41, 5.74) is 1.19. The third-order valence-corrected chi connectivity index (χ3v) is 5.79. The zero-order chi connectivity index (χ0) is 21.7. The number of ether oxygens (including phenoxy) is 3. The molecule has 168 valence electrons. The van der Waals surface area contributed by atoms with Gasteiger partial charge in [-0.15, -0.1) is 12.4 Å². The first-order valence-electron chi connectivity index (χ1n) is 9.61. The van der Waals surface area contributed by atoms with Crippen molar-refractivity contribution in [3.05, 3.63) is 42.0 Å². The fraction of sp³-hybridized carbons (Fsp3) is 0.364. The van der Waals surface area contributed by atoms with Gasteiger partial charge in [0.05, 0.1) is 26.9 Å². The summed E-state index contributed by atoms with van der Waals surface area (Å²) in [4.78, 5) is 22.1. The number of fused-ring (bicyclic) bond motifs is 1. The van der Waals surface area contributed by atoms with Crippen LogP contribution >= 0.6 is 23.7 Å². The van der Waals surface area contributed by atoms with Crippen molar-refractivity contribution in [2.45, 2.75) is 6.42 Å². The van der Waals surface area contributed by atoms with Gasteiger partial charge in [0.15, 0.2) is 5.13 Å². The minimum absolute atomic E-state index is 0. The molecule has 1 aromatic heterocycles. The monoisotopic (exact) mass is 465 g/mol. The number of methoxy groups -OCH3 is 3. The molecular formula is C22H28ClN3O4S. The Morgan fingerprint density at radius 3 is 2.23 bits per heavy atom. The lowest BCUT2D eigenvalue weighted by Crippen LogP contribution is -2.33. The van der Waals surface area contributed by atoms with E-state index in [1.54, 1.807) is 38.4 Å². The molecule has 0 N–H and O–H groups in total. The third-order valence-electron chi connectivity index (χ3n) is 4.70. The number of carbonyl (C=O) groups excluding carboxylic acids is 1. The van der Waals surface area contributed by atoms with Crippen molar-refractivity contribution >= 4 is 45.0 Å². The molecule has 0 unspecified atom stereocenters. The van der Waals surface area contributed by atoms with Crippen LogP contribution in [-0.4, -0.2) is 64.3 Å². The summed E-state index contributed by atoms with van der Waals surface area (Å²) in [7, 11) is 8.82. The molecule has 0 fully saturated rings. The summed E-state index contributed by atoms with van der Waals surface area (Å²) < 4.78 is 17.2. The van der Waals surface area contributed by atoms with Crippen molar-refractivity contribution in [3.63, 3.8) is 0 Å². The number of hydrogen-bond donors (Lipinski definition) is 0. The third kappa shape index (κ3) is 5.39. The van der Waals surface area contributed by atoms with Crippen molar-refractivity contribution in [2.24, 2.45) is 0 Å². The van der Waals surface area contributed by atoms with E-state index >= 15 is 0 Å². The van der Waals surface area contributed by atoms with Crippen molar-refractivity contribution in [3.8, 4) is 17.2 Å². The Labute approximate surface area is 192 Å². The van der Waals surface area contributed by atoms with Crippen LogP contribution in [0.1, 0.15) is 16.8 Å². The molecule has 9 heteroatoms. The van der Waals surface area contributed by atoms with Crippen LogP contribution in [0.2, 0.25) is 0 Å². The maximum absolute atomic E-state index is 13.5. The standard InChI is InChI=1S/C22H27N3O4S.ClH/c1-24(2)13-8-14-25(21(26)15-9-6-7-10-16(15)27-3)22-23-19-17(28-4)11-12-18(29-5)20(19)30-22;/h6-7,9-12H,8,13-14H2,1-5H3;1H. The van der Waals surface area contributed by atoms with Gasteiger partial charge in [-0.1, -0.05) is 23.5 Å². The lowest BCUT2D eigenvalue weighted by molar-refractivity contribution is 0.0983. The van der Waals surface area contributed by atoms with Crippen LogP contribution in [0, 0.1) is 0 Å². The van der Waals surface area contributed by atoms with Crippen molar-refractivity contribution < 1.29 is 19.0 Å². The average Bonchev–Trinajstić information content (AvgIpc) is 3.20. The molecule has 0 saturated heterocycles. The molecule has 0 aliphatic carbocycles. The summed E-state index contributed by atoms with van der Waals surface area (Å²) in [6, 6.07) is 10.9. The molecule has 7 nitrogen and oxygen atoms in total. The van der Waals surface area contributed by atoms with E-state index in [-0.39, 0.29) is 18.3 Å². The number of benzene rings is 2. The van der Waals surface area contributed by atoms with Crippen molar-refractivity contribution in [2.75, 3.05) is 53.4 Å². The number of aromatic nitrogens is 1. The van der Waals surface area contributed by atoms with E-state index < -0.39 is 0 Å². The second-order valence-corrected chi connectivity index (χ2v) is 7.94. The average molecular weight is 466 g/mol. The Morgan fingerprint density at radius 1 is 0.935 bits per heavy atom. The van der Waals surface area contributed by atoms with Gasteiger partial charge in [-0.3, -0.25) is 9.69 Å². The smallest absolute Gasteiger partial charge is 0.263 e. The van der Waals surface area contributed by atoms with Gasteiger partial charge in [0.1, 0.15) is 27.5 Å². The zero-order valence-electron chi connectivity index (χ0n) is 18.4. The van der Waals surface area contributed by atoms with Crippen LogP contribution in [0.4, 0.5) is 5.13 Å². The highest BCUT2D eigenvalue weighted by atomic mass is 35.5. The summed E-state index contributed by atoms with van der Waals surface area (Å²) in [6.07, 6.45) is 0.804. The number of thiazole rings is 1. The maximum atomic E-state index is 13.5. The highest BCUT2D eigenvalue weighted by Gasteiger charge is 2.25. The normalized spacial score (nSPS) is 10.6. The molecule has 0 aliphatic rings. The molecule has 3 aromatic rings. The highest BCUT2D eigenvalue weighted by molar-refractivity contribution is 7.22. The van der Waals surface area contributed by atoms with E-state index in [0.29, 0.717) is 40.0 Å². The molecule has 31 heavy (non-hydrogen) atoms. The zero-order valence-corrected chi connectivity index (χ0v) is 20.0. The molecular weight excluding hydrogens is 438 g/mol. The van der Waals surface area contributed by atoms with Gasteiger partial charge >= 0.3 is 0 Å². The largest absolute Gasteiger partial charge is 0.496 e. The van der Waals surface area contributed by atoms with Crippen LogP contribution in [-0.2, 0) is 0 Å². The van der Waals surface area contributed by atoms with Crippen LogP contribution < -0.4 is 19.1 Å². The van der Waals surface area contributed by atoms with Crippen molar-refractivity contribution in [1.82, 2.24) is 9.88 Å². The molecule has 0 spiro atoms. The second-order valence-electron chi connectivity index (χ2n) is 6.96. The van der Waals surface area contributed by atoms with Gasteiger partial charge in [0, 0.05) is 6.54 Å². The quantitative estimate of drug-likeness (QED) is 0.468. The molecule has 1 heterocycles. The Balaban J connectivity index is 0.00000341. The number of rotatable bonds is 9. The van der Waals surface area contributed by atoms with Gasteiger partial charge in [-0.25, -0.2) is 4.98 Å². The topological polar surface area (TPSA) is 64.1 Å². The van der Waals surface area contributed by atoms with Crippen LogP contribution in [0.25, 0.3) is 10.2 Å². The van der Waals surface area contributed by atoms with E-state index in [1.165, 1.54) is 11.3 Å². The van der Waals surface area contributed by atoms with Crippen LogP contribution in [0.15, 0.2) is 36.4 Å². The summed E-state index contributed by atoms with van der Waals surface area (Å²) in [5, 5.41) is 0.600. The fourth-order valence-corrected chi connectivity index (χ4v) is 4.28. The number of amides is 1. The first kappa shape index (κ1) is 24.7. The predicted molar refractivity (Wildman–Crippen MR) is 128 cm³/mol. The molecule has 0 aliphatic heterocycles. The van der Waals surface area contributed by atoms with Crippen LogP contribution in [0.3, 0.4) is 0 Å². The lowest BCUT2D eigenvalue weighted by atomic mass is 10.1. The number of carbonyl (C=O) groups is 1. The van der Waals surface area contributed by atoms with E-state index in [9.17, 15) is 4.79 Å². The van der Waals surface area contributed by atoms with Crippen LogP contribution in [0.5, 0.6) is 17.2 Å². The highest BCUT2D eigenvalue weighted by Crippen LogP contribution is 2.40. The summed E-state index contributed by atoms with van der Waals surface area (Å²) in [6.45, 7) is 1.38. The van der Waals surface area contributed by atoms with E-state index in [2.05, 4.69) is 4.90 Å². The first-order valence-corrected chi connectivity index (χ1v) is 10.4. The van der Waals surface area contributed by atoms with Gasteiger partial charge in [-0.05, 0) is 51.3 Å². The van der Waals surface area contributed by atoms with Gasteiger partial charge < -0.3 is 19.1 Å². The molecule has 0 radical (unpaired) electrons. The lowest BCUT2D eigenvalue weighted by Gasteiger charge is -2.22. The minimum Gasteiger partial charge on any atom is -0.496 e. The second kappa shape index (κ2) is 11.2. The van der Waals surface area contributed by atoms with Gasteiger partial charge in [0.2, 0.25) is 0 Å². The number of halogens is 1. The number of nitrogens with zero attached hydrogens (tertiary/aromatic N) is 3. The SMILES string of the molecule is COc1ccccc1C(=O)N(CCCN(C)C)c1nc2c(OC)ccc(OC)c2s1.Cl. The van der Waals surface area contributed by atoms with E-state index in [1.807, 2.05) is 38.4 Å². The van der Waals surface area contributed by atoms with Crippen molar-refractivity contribution in [1.29, 1.82) is 0 Å². The number of hydrogen-bond acceptors (Lipinski definition) is 7. The predicted octanol–water partition coefficient (Wildman–Crippen LogP) is 4.34. The maximum Gasteiger partial charge on any atom is 0.263 e. The Bertz CT molecular complexity index is 984. The molecule has 1 amide bonds.